The first-order valence-corrected chi connectivity index (χ1v) is 8.92. The third-order valence-corrected chi connectivity index (χ3v) is 4.32. The summed E-state index contributed by atoms with van der Waals surface area (Å²) in [6.07, 6.45) is 1.72. The van der Waals surface area contributed by atoms with Crippen molar-refractivity contribution < 1.29 is 19.3 Å². The van der Waals surface area contributed by atoms with Crippen LogP contribution in [-0.4, -0.2) is 34.0 Å². The topological polar surface area (TPSA) is 96.7 Å². The minimum absolute atomic E-state index is 0.250. The molecule has 0 radical (unpaired) electrons. The lowest BCUT2D eigenvalue weighted by molar-refractivity contribution is 0.397. The summed E-state index contributed by atoms with van der Waals surface area (Å²) in [5.74, 6) is 1.88. The lowest BCUT2D eigenvalue weighted by Crippen LogP contribution is -1.98. The highest BCUT2D eigenvalue weighted by molar-refractivity contribution is 7.44. The van der Waals surface area contributed by atoms with Crippen LogP contribution >= 0.6 is 8.38 Å². The average molecular weight is 359 g/mol. The number of hydrogen-bond acceptors (Lipinski definition) is 7. The quantitative estimate of drug-likeness (QED) is 0.582. The van der Waals surface area contributed by atoms with E-state index in [2.05, 4.69) is 15.3 Å². The van der Waals surface area contributed by atoms with E-state index in [-0.39, 0.29) is 6.16 Å². The Morgan fingerprint density at radius 1 is 1.04 bits per heavy atom. The summed E-state index contributed by atoms with van der Waals surface area (Å²) in [7, 11) is 1.24. The van der Waals surface area contributed by atoms with E-state index in [1.54, 1.807) is 20.3 Å². The maximum Gasteiger partial charge on any atom is 0.169 e. The van der Waals surface area contributed by atoms with Gasteiger partial charge >= 0.3 is 0 Å². The van der Waals surface area contributed by atoms with Gasteiger partial charge in [-0.05, 0) is 23.8 Å². The van der Waals surface area contributed by atoms with Gasteiger partial charge in [-0.3, -0.25) is 0 Å². The van der Waals surface area contributed by atoms with Crippen molar-refractivity contribution in [1.82, 2.24) is 9.97 Å². The van der Waals surface area contributed by atoms with Crippen molar-refractivity contribution in [1.29, 1.82) is 0 Å². The third-order valence-electron chi connectivity index (χ3n) is 3.67. The lowest BCUT2D eigenvalue weighted by Gasteiger charge is -2.12. The number of nitrogens with zero attached hydrogens (tertiary/aromatic N) is 2. The summed E-state index contributed by atoms with van der Waals surface area (Å²) in [6, 6.07) is 11.0. The SMILES string of the molecule is COc1cc(OC)c2ncnc(Nc3ccc(CP(O)O)cc3)c2c1. The van der Waals surface area contributed by atoms with Gasteiger partial charge in [0, 0.05) is 17.9 Å². The van der Waals surface area contributed by atoms with Crippen molar-refractivity contribution in [2.45, 2.75) is 6.16 Å². The minimum atomic E-state index is -1.94. The first kappa shape index (κ1) is 17.4. The molecule has 1 heterocycles. The first-order chi connectivity index (χ1) is 12.1. The zero-order chi connectivity index (χ0) is 17.8. The van der Waals surface area contributed by atoms with E-state index in [0.717, 1.165) is 16.6 Å². The number of anilines is 2. The van der Waals surface area contributed by atoms with Gasteiger partial charge in [-0.25, -0.2) is 9.97 Å². The van der Waals surface area contributed by atoms with Gasteiger partial charge < -0.3 is 24.6 Å². The molecule has 0 spiro atoms. The molecule has 25 heavy (non-hydrogen) atoms. The second-order valence-corrected chi connectivity index (χ2v) is 6.36. The van der Waals surface area contributed by atoms with Gasteiger partial charge in [0.1, 0.15) is 29.2 Å². The molecule has 0 saturated heterocycles. The van der Waals surface area contributed by atoms with Crippen molar-refractivity contribution in [3.63, 3.8) is 0 Å². The van der Waals surface area contributed by atoms with Crippen molar-refractivity contribution in [2.75, 3.05) is 19.5 Å². The Morgan fingerprint density at radius 3 is 2.44 bits per heavy atom. The van der Waals surface area contributed by atoms with Crippen LogP contribution in [0.1, 0.15) is 5.56 Å². The smallest absolute Gasteiger partial charge is 0.169 e. The van der Waals surface area contributed by atoms with Gasteiger partial charge in [0.25, 0.3) is 0 Å². The van der Waals surface area contributed by atoms with Crippen LogP contribution < -0.4 is 14.8 Å². The van der Waals surface area contributed by atoms with Crippen LogP contribution in [0.4, 0.5) is 11.5 Å². The maximum absolute atomic E-state index is 9.09. The molecule has 0 bridgehead atoms. The molecule has 3 N–H and O–H groups in total. The monoisotopic (exact) mass is 359 g/mol. The number of nitrogens with one attached hydrogen (secondary N) is 1. The van der Waals surface area contributed by atoms with Gasteiger partial charge in [0.15, 0.2) is 8.38 Å². The standard InChI is InChI=1S/C17H18N3O4P/c1-23-13-7-14-16(15(8-13)24-2)18-10-19-17(14)20-12-5-3-11(4-6-12)9-25(21)22/h3-8,10,21-22H,9H2,1-2H3,(H,18,19,20). The van der Waals surface area contributed by atoms with E-state index in [4.69, 9.17) is 19.3 Å². The molecule has 0 unspecified atom stereocenters. The Bertz CT molecular complexity index is 872. The molecule has 0 aliphatic rings. The predicted octanol–water partition coefficient (Wildman–Crippen LogP) is 3.19. The molecule has 0 fully saturated rings. The average Bonchev–Trinajstić information content (AvgIpc) is 2.62. The molecular formula is C17H18N3O4P. The largest absolute Gasteiger partial charge is 0.497 e. The van der Waals surface area contributed by atoms with Gasteiger partial charge in [-0.1, -0.05) is 12.1 Å². The Kier molecular flexibility index (Phi) is 5.28. The zero-order valence-electron chi connectivity index (χ0n) is 13.8. The number of benzene rings is 2. The van der Waals surface area contributed by atoms with Crippen molar-refractivity contribution in [2.24, 2.45) is 0 Å². The Balaban J connectivity index is 1.95. The van der Waals surface area contributed by atoms with Crippen LogP contribution in [-0.2, 0) is 6.16 Å². The maximum atomic E-state index is 9.09. The van der Waals surface area contributed by atoms with E-state index in [0.29, 0.717) is 22.8 Å². The summed E-state index contributed by atoms with van der Waals surface area (Å²) in [5, 5.41) is 4.02. The molecule has 0 amide bonds. The number of methoxy groups -OCH3 is 2. The Labute approximate surface area is 146 Å². The normalized spacial score (nSPS) is 10.9. The summed E-state index contributed by atoms with van der Waals surface area (Å²) >= 11 is 0. The number of hydrogen-bond donors (Lipinski definition) is 3. The number of ether oxygens (including phenoxy) is 2. The molecule has 3 rings (SSSR count). The predicted molar refractivity (Wildman–Crippen MR) is 97.4 cm³/mol. The minimum Gasteiger partial charge on any atom is -0.497 e. The fraction of sp³-hybridized carbons (Fsp3) is 0.176. The summed E-state index contributed by atoms with van der Waals surface area (Å²) < 4.78 is 10.7. The van der Waals surface area contributed by atoms with E-state index in [1.807, 2.05) is 30.3 Å². The van der Waals surface area contributed by atoms with E-state index >= 15 is 0 Å². The second kappa shape index (κ2) is 7.61. The Morgan fingerprint density at radius 2 is 1.80 bits per heavy atom. The van der Waals surface area contributed by atoms with Crippen LogP contribution in [0.15, 0.2) is 42.7 Å². The van der Waals surface area contributed by atoms with Gasteiger partial charge in [0.2, 0.25) is 0 Å². The fourth-order valence-corrected chi connectivity index (χ4v) is 3.01. The van der Waals surface area contributed by atoms with E-state index in [9.17, 15) is 0 Å². The summed E-state index contributed by atoms with van der Waals surface area (Å²) in [4.78, 5) is 26.8. The van der Waals surface area contributed by atoms with Gasteiger partial charge in [-0.2, -0.15) is 0 Å². The second-order valence-electron chi connectivity index (χ2n) is 5.30. The van der Waals surface area contributed by atoms with Crippen LogP contribution in [0.25, 0.3) is 10.9 Å². The van der Waals surface area contributed by atoms with E-state index in [1.165, 1.54) is 6.33 Å². The summed E-state index contributed by atoms with van der Waals surface area (Å²) in [6.45, 7) is 0. The molecule has 130 valence electrons. The van der Waals surface area contributed by atoms with Crippen LogP contribution in [0.5, 0.6) is 11.5 Å². The molecule has 0 saturated carbocycles. The summed E-state index contributed by atoms with van der Waals surface area (Å²) in [5.41, 5.74) is 2.37. The molecular weight excluding hydrogens is 341 g/mol. The first-order valence-electron chi connectivity index (χ1n) is 7.48. The molecule has 0 atom stereocenters. The number of fused-ring (bicyclic) bond motifs is 1. The van der Waals surface area contributed by atoms with Crippen molar-refractivity contribution in [3.8, 4) is 11.5 Å². The highest BCUT2D eigenvalue weighted by Crippen LogP contribution is 2.34. The van der Waals surface area contributed by atoms with Crippen LogP contribution in [0.3, 0.4) is 0 Å². The number of aromatic nitrogens is 2. The highest BCUT2D eigenvalue weighted by atomic mass is 31.2. The number of rotatable bonds is 6. The molecule has 3 aromatic rings. The fourth-order valence-electron chi connectivity index (χ4n) is 2.48. The molecule has 8 heteroatoms. The lowest BCUT2D eigenvalue weighted by atomic mass is 10.2. The molecule has 7 nitrogen and oxygen atoms in total. The van der Waals surface area contributed by atoms with Crippen LogP contribution in [0, 0.1) is 0 Å². The Hall–Kier alpha value is -2.47. The molecule has 2 aromatic carbocycles. The molecule has 1 aromatic heterocycles. The molecule has 0 aliphatic heterocycles. The van der Waals surface area contributed by atoms with Gasteiger partial charge in [-0.15, -0.1) is 0 Å². The van der Waals surface area contributed by atoms with Gasteiger partial charge in [0.05, 0.1) is 19.6 Å². The zero-order valence-corrected chi connectivity index (χ0v) is 14.7. The van der Waals surface area contributed by atoms with Crippen molar-refractivity contribution in [3.05, 3.63) is 48.3 Å². The van der Waals surface area contributed by atoms with E-state index < -0.39 is 8.38 Å². The highest BCUT2D eigenvalue weighted by Gasteiger charge is 2.11. The van der Waals surface area contributed by atoms with Crippen LogP contribution in [0.2, 0.25) is 0 Å². The third kappa shape index (κ3) is 3.96. The van der Waals surface area contributed by atoms with Crippen molar-refractivity contribution >= 4 is 30.8 Å². The molecule has 0 aliphatic carbocycles.